The zero-order valence-electron chi connectivity index (χ0n) is 8.58. The average molecular weight is 259 g/mol. The SMILES string of the molecule is COC(=O)[C@H]1NC[C@@H](OC(=O)C(F)(F)F)[C@H]1F. The Hall–Kier alpha value is -1.38. The first kappa shape index (κ1) is 13.7. The maximum absolute atomic E-state index is 13.4. The van der Waals surface area contributed by atoms with E-state index in [1.54, 1.807) is 0 Å². The van der Waals surface area contributed by atoms with Gasteiger partial charge in [0.1, 0.15) is 12.1 Å². The van der Waals surface area contributed by atoms with Gasteiger partial charge in [-0.1, -0.05) is 0 Å². The second-order valence-electron chi connectivity index (χ2n) is 3.30. The van der Waals surface area contributed by atoms with Crippen LogP contribution in [0.4, 0.5) is 17.6 Å². The average Bonchev–Trinajstić information content (AvgIpc) is 2.58. The second-order valence-corrected chi connectivity index (χ2v) is 3.30. The van der Waals surface area contributed by atoms with Gasteiger partial charge in [-0.15, -0.1) is 0 Å². The number of methoxy groups -OCH3 is 1. The van der Waals surface area contributed by atoms with Crippen LogP contribution in [-0.2, 0) is 19.1 Å². The van der Waals surface area contributed by atoms with Crippen LogP contribution in [0, 0.1) is 0 Å². The molecule has 9 heteroatoms. The molecular weight excluding hydrogens is 250 g/mol. The quantitative estimate of drug-likeness (QED) is 0.556. The third-order valence-electron chi connectivity index (χ3n) is 2.16. The number of alkyl halides is 4. The first-order valence-electron chi connectivity index (χ1n) is 4.50. The third-order valence-corrected chi connectivity index (χ3v) is 2.16. The summed E-state index contributed by atoms with van der Waals surface area (Å²) in [4.78, 5) is 21.4. The standard InChI is InChI=1S/C8H9F4NO4/c1-16-6(14)5-4(9)3(2-13-5)17-7(15)8(10,11)12/h3-5,13H,2H2,1H3/t3-,4-,5+/m1/s1. The fourth-order valence-electron chi connectivity index (χ4n) is 1.33. The minimum absolute atomic E-state index is 0.386. The number of ether oxygens (including phenoxy) is 2. The van der Waals surface area contributed by atoms with Crippen LogP contribution in [0.15, 0.2) is 0 Å². The van der Waals surface area contributed by atoms with Crippen LogP contribution in [0.3, 0.4) is 0 Å². The smallest absolute Gasteiger partial charge is 0.468 e. The number of nitrogens with one attached hydrogen (secondary N) is 1. The van der Waals surface area contributed by atoms with Crippen molar-refractivity contribution in [2.75, 3.05) is 13.7 Å². The number of hydrogen-bond acceptors (Lipinski definition) is 5. The van der Waals surface area contributed by atoms with Crippen LogP contribution in [0.5, 0.6) is 0 Å². The molecule has 0 radical (unpaired) electrons. The van der Waals surface area contributed by atoms with E-state index in [2.05, 4.69) is 14.8 Å². The van der Waals surface area contributed by atoms with Gasteiger partial charge in [0.15, 0.2) is 6.17 Å². The van der Waals surface area contributed by atoms with E-state index in [9.17, 15) is 27.2 Å². The van der Waals surface area contributed by atoms with Crippen molar-refractivity contribution in [3.8, 4) is 0 Å². The van der Waals surface area contributed by atoms with Crippen molar-refractivity contribution in [2.45, 2.75) is 24.5 Å². The number of halogens is 4. The molecule has 0 unspecified atom stereocenters. The van der Waals surface area contributed by atoms with Crippen LogP contribution >= 0.6 is 0 Å². The van der Waals surface area contributed by atoms with E-state index in [0.717, 1.165) is 7.11 Å². The molecule has 1 rings (SSSR count). The van der Waals surface area contributed by atoms with Gasteiger partial charge in [-0.25, -0.2) is 9.18 Å². The third kappa shape index (κ3) is 3.05. The highest BCUT2D eigenvalue weighted by Gasteiger charge is 2.48. The van der Waals surface area contributed by atoms with E-state index in [0.29, 0.717) is 0 Å². The van der Waals surface area contributed by atoms with E-state index in [4.69, 9.17) is 0 Å². The van der Waals surface area contributed by atoms with Gasteiger partial charge in [-0.05, 0) is 0 Å². The summed E-state index contributed by atoms with van der Waals surface area (Å²) in [6, 6.07) is -1.42. The molecule has 1 saturated heterocycles. The minimum atomic E-state index is -5.19. The van der Waals surface area contributed by atoms with Gasteiger partial charge >= 0.3 is 18.1 Å². The zero-order valence-corrected chi connectivity index (χ0v) is 8.58. The van der Waals surface area contributed by atoms with E-state index in [1.165, 1.54) is 0 Å². The van der Waals surface area contributed by atoms with E-state index < -0.39 is 36.4 Å². The van der Waals surface area contributed by atoms with Crippen LogP contribution in [-0.4, -0.2) is 50.1 Å². The van der Waals surface area contributed by atoms with Gasteiger partial charge in [0, 0.05) is 6.54 Å². The first-order valence-corrected chi connectivity index (χ1v) is 4.50. The Balaban J connectivity index is 2.59. The Morgan fingerprint density at radius 1 is 1.35 bits per heavy atom. The van der Waals surface area contributed by atoms with Gasteiger partial charge in [0.25, 0.3) is 0 Å². The molecule has 1 fully saturated rings. The molecular formula is C8H9F4NO4. The first-order chi connectivity index (χ1) is 7.77. The molecule has 0 aliphatic carbocycles. The van der Waals surface area contributed by atoms with Crippen molar-refractivity contribution in [1.82, 2.24) is 5.32 Å². The van der Waals surface area contributed by atoms with Crippen LogP contribution in [0.25, 0.3) is 0 Å². The zero-order chi connectivity index (χ0) is 13.2. The Labute approximate surface area is 93.1 Å². The lowest BCUT2D eigenvalue weighted by Crippen LogP contribution is -2.40. The molecule has 5 nitrogen and oxygen atoms in total. The summed E-state index contributed by atoms with van der Waals surface area (Å²) < 4.78 is 57.1. The van der Waals surface area contributed by atoms with Crippen molar-refractivity contribution < 1.29 is 36.6 Å². The van der Waals surface area contributed by atoms with Gasteiger partial charge < -0.3 is 9.47 Å². The lowest BCUT2D eigenvalue weighted by Gasteiger charge is -2.16. The Morgan fingerprint density at radius 3 is 2.41 bits per heavy atom. The highest BCUT2D eigenvalue weighted by molar-refractivity contribution is 5.78. The number of hydrogen-bond donors (Lipinski definition) is 1. The summed E-state index contributed by atoms with van der Waals surface area (Å²) in [6.07, 6.45) is -8.93. The maximum Gasteiger partial charge on any atom is 0.490 e. The molecule has 98 valence electrons. The molecule has 0 spiro atoms. The molecule has 1 aliphatic heterocycles. The van der Waals surface area contributed by atoms with E-state index >= 15 is 0 Å². The van der Waals surface area contributed by atoms with E-state index in [1.807, 2.05) is 0 Å². The van der Waals surface area contributed by atoms with Crippen molar-refractivity contribution in [3.63, 3.8) is 0 Å². The minimum Gasteiger partial charge on any atom is -0.468 e. The van der Waals surface area contributed by atoms with Gasteiger partial charge in [-0.3, -0.25) is 10.1 Å². The highest BCUT2D eigenvalue weighted by atomic mass is 19.4. The molecule has 1 heterocycles. The van der Waals surface area contributed by atoms with Gasteiger partial charge in [-0.2, -0.15) is 13.2 Å². The fourth-order valence-corrected chi connectivity index (χ4v) is 1.33. The summed E-state index contributed by atoms with van der Waals surface area (Å²) in [5.41, 5.74) is 0. The number of carbonyl (C=O) groups is 2. The topological polar surface area (TPSA) is 64.6 Å². The van der Waals surface area contributed by atoms with Crippen molar-refractivity contribution in [3.05, 3.63) is 0 Å². The van der Waals surface area contributed by atoms with E-state index in [-0.39, 0.29) is 6.54 Å². The molecule has 0 bridgehead atoms. The molecule has 0 aromatic rings. The molecule has 3 atom stereocenters. The Bertz CT molecular complexity index is 319. The lowest BCUT2D eigenvalue weighted by atomic mass is 10.1. The van der Waals surface area contributed by atoms with Crippen LogP contribution in [0.1, 0.15) is 0 Å². The summed E-state index contributed by atoms with van der Waals surface area (Å²) in [7, 11) is 1.01. The Morgan fingerprint density at radius 2 is 1.94 bits per heavy atom. The summed E-state index contributed by atoms with van der Waals surface area (Å²) in [5, 5.41) is 2.27. The molecule has 1 aliphatic rings. The molecule has 0 aromatic carbocycles. The fraction of sp³-hybridized carbons (Fsp3) is 0.750. The van der Waals surface area contributed by atoms with Crippen molar-refractivity contribution in [1.29, 1.82) is 0 Å². The normalized spacial score (nSPS) is 28.9. The number of esters is 2. The number of carbonyl (C=O) groups excluding carboxylic acids is 2. The predicted molar refractivity (Wildman–Crippen MR) is 44.6 cm³/mol. The largest absolute Gasteiger partial charge is 0.490 e. The molecule has 1 N–H and O–H groups in total. The van der Waals surface area contributed by atoms with Crippen LogP contribution < -0.4 is 5.32 Å². The molecule has 0 amide bonds. The van der Waals surface area contributed by atoms with Crippen molar-refractivity contribution in [2.24, 2.45) is 0 Å². The lowest BCUT2D eigenvalue weighted by molar-refractivity contribution is -0.206. The van der Waals surface area contributed by atoms with Crippen LogP contribution in [0.2, 0.25) is 0 Å². The van der Waals surface area contributed by atoms with Gasteiger partial charge in [0.2, 0.25) is 0 Å². The van der Waals surface area contributed by atoms with Crippen molar-refractivity contribution >= 4 is 11.9 Å². The summed E-state index contributed by atoms with van der Waals surface area (Å²) >= 11 is 0. The monoisotopic (exact) mass is 259 g/mol. The second kappa shape index (κ2) is 4.86. The summed E-state index contributed by atoms with van der Waals surface area (Å²) in [6.45, 7) is -0.386. The number of rotatable bonds is 2. The highest BCUT2D eigenvalue weighted by Crippen LogP contribution is 2.22. The van der Waals surface area contributed by atoms with Gasteiger partial charge in [0.05, 0.1) is 7.11 Å². The summed E-state index contributed by atoms with van der Waals surface area (Å²) in [5.74, 6) is -3.46. The molecule has 0 aromatic heterocycles. The molecule has 0 saturated carbocycles. The maximum atomic E-state index is 13.4. The molecule has 17 heavy (non-hydrogen) atoms. The predicted octanol–water partition coefficient (Wildman–Crippen LogP) is -0.0566. The Kier molecular flexibility index (Phi) is 3.91.